The molecule has 238 valence electrons. The predicted molar refractivity (Wildman–Crippen MR) is 165 cm³/mol. The number of para-hydroxylation sites is 1. The number of carbonyl (C=O) groups is 3. The third-order valence-corrected chi connectivity index (χ3v) is 11.7. The number of nitrogens with zero attached hydrogens (tertiary/aromatic N) is 5. The molecular weight excluding hydrogens is 597 g/mol. The number of esters is 1. The molecule has 1 unspecified atom stereocenters. The van der Waals surface area contributed by atoms with Crippen LogP contribution in [0.5, 0.6) is 0 Å². The lowest BCUT2D eigenvalue weighted by molar-refractivity contribution is -0.154. The summed E-state index contributed by atoms with van der Waals surface area (Å²) >= 11 is 0. The second-order valence-electron chi connectivity index (χ2n) is 12.6. The number of carbonyl (C=O) groups excluding carboxylic acids is 3. The molecule has 1 N–H and O–H groups in total. The number of anilines is 2. The van der Waals surface area contributed by atoms with E-state index in [2.05, 4.69) is 10.3 Å². The molecule has 3 aliphatic rings. The number of aryl methyl sites for hydroxylation is 1. The lowest BCUT2D eigenvalue weighted by Crippen LogP contribution is -2.54. The highest BCUT2D eigenvalue weighted by atomic mass is 28.4. The Kier molecular flexibility index (Phi) is 8.12. The number of ether oxygens (including phenoxy) is 2. The summed E-state index contributed by atoms with van der Waals surface area (Å²) in [7, 11) is -3.33. The minimum Gasteiger partial charge on any atom is -0.441 e. The standard InChI is InChI=1S/C32H38FN5O6Si/c1-20-30(45(3,4)33)27(12-14-36-19-23(13-15-39)34-35-36)44-32(20)25-10-5-6-11-26(25)37(31(32)42)18-22-8-7-9-24(16-22)38-28(41)17-29(38)43-21(2)40/h5-11,16,19-20,27,29-30,39H,12-15,17-18H2,1-4H3/t20-,27+,29?,30-,32+/m1/s1. The van der Waals surface area contributed by atoms with Gasteiger partial charge in [0.15, 0.2) is 11.8 Å². The summed E-state index contributed by atoms with van der Waals surface area (Å²) in [5.41, 5.74) is 1.66. The molecule has 45 heavy (non-hydrogen) atoms. The van der Waals surface area contributed by atoms with Crippen molar-refractivity contribution in [3.63, 3.8) is 0 Å². The van der Waals surface area contributed by atoms with Crippen LogP contribution in [0.25, 0.3) is 0 Å². The summed E-state index contributed by atoms with van der Waals surface area (Å²) in [6.45, 7) is 7.20. The van der Waals surface area contributed by atoms with Crippen molar-refractivity contribution in [3.8, 4) is 0 Å². The lowest BCUT2D eigenvalue weighted by atomic mass is 9.82. The molecule has 0 radical (unpaired) electrons. The first-order valence-electron chi connectivity index (χ1n) is 15.3. The SMILES string of the molecule is CC(=O)OC1CC(=O)N1c1cccc(CN2C(=O)[C@@]3(O[C@@H](CCn4cc(CCO)nn4)[C@H]([Si](C)(C)F)[C@H]3C)c3ccccc32)c1. The summed E-state index contributed by atoms with van der Waals surface area (Å²) in [5, 5.41) is 17.5. The first-order chi connectivity index (χ1) is 21.4. The molecule has 2 saturated heterocycles. The molecule has 2 amide bonds. The molecular formula is C32H38FN5O6Si. The van der Waals surface area contributed by atoms with Crippen molar-refractivity contribution >= 4 is 37.6 Å². The molecule has 0 saturated carbocycles. The Morgan fingerprint density at radius 1 is 1.20 bits per heavy atom. The van der Waals surface area contributed by atoms with Gasteiger partial charge < -0.3 is 23.6 Å². The van der Waals surface area contributed by atoms with E-state index in [1.54, 1.807) is 41.0 Å². The van der Waals surface area contributed by atoms with Gasteiger partial charge in [0.1, 0.15) is 0 Å². The van der Waals surface area contributed by atoms with Crippen molar-refractivity contribution in [1.29, 1.82) is 0 Å². The zero-order chi connectivity index (χ0) is 32.1. The summed E-state index contributed by atoms with van der Waals surface area (Å²) in [6, 6.07) is 14.8. The highest BCUT2D eigenvalue weighted by Gasteiger charge is 2.66. The van der Waals surface area contributed by atoms with Gasteiger partial charge in [-0.1, -0.05) is 42.5 Å². The van der Waals surface area contributed by atoms with E-state index >= 15 is 4.11 Å². The molecule has 1 spiro atoms. The zero-order valence-corrected chi connectivity index (χ0v) is 26.9. The van der Waals surface area contributed by atoms with Crippen LogP contribution in [0.1, 0.15) is 43.5 Å². The van der Waals surface area contributed by atoms with Gasteiger partial charge >= 0.3 is 5.97 Å². The van der Waals surface area contributed by atoms with E-state index in [1.165, 1.54) is 11.8 Å². The van der Waals surface area contributed by atoms with E-state index in [4.69, 9.17) is 9.47 Å². The number of halogens is 1. The summed E-state index contributed by atoms with van der Waals surface area (Å²) in [4.78, 5) is 41.7. The molecule has 3 aliphatic heterocycles. The molecule has 6 rings (SSSR count). The van der Waals surface area contributed by atoms with Crippen LogP contribution >= 0.6 is 0 Å². The molecule has 1 aromatic heterocycles. The Bertz CT molecular complexity index is 1630. The first-order valence-corrected chi connectivity index (χ1v) is 18.3. The molecule has 11 nitrogen and oxygen atoms in total. The summed E-state index contributed by atoms with van der Waals surface area (Å²) in [6.07, 6.45) is 1.56. The molecule has 3 aromatic rings. The normalized spacial score (nSPS) is 26.0. The van der Waals surface area contributed by atoms with Crippen molar-refractivity contribution in [2.24, 2.45) is 5.92 Å². The van der Waals surface area contributed by atoms with Gasteiger partial charge in [-0.15, -0.1) is 5.10 Å². The number of fused-ring (bicyclic) bond motifs is 2. The predicted octanol–water partition coefficient (Wildman–Crippen LogP) is 3.85. The average molecular weight is 636 g/mol. The van der Waals surface area contributed by atoms with Gasteiger partial charge in [-0.3, -0.25) is 24.0 Å². The quantitative estimate of drug-likeness (QED) is 0.154. The molecule has 5 atom stereocenters. The summed E-state index contributed by atoms with van der Waals surface area (Å²) < 4.78 is 29.9. The minimum absolute atomic E-state index is 0.0261. The Hall–Kier alpha value is -3.94. The number of aromatic nitrogens is 3. The van der Waals surface area contributed by atoms with Crippen LogP contribution in [-0.4, -0.2) is 65.2 Å². The van der Waals surface area contributed by atoms with Gasteiger partial charge in [0.05, 0.1) is 30.5 Å². The fourth-order valence-corrected chi connectivity index (χ4v) is 9.88. The van der Waals surface area contributed by atoms with Crippen molar-refractivity contribution in [2.45, 2.75) is 82.8 Å². The Morgan fingerprint density at radius 3 is 2.69 bits per heavy atom. The number of aliphatic hydroxyl groups is 1. The number of amides is 2. The van der Waals surface area contributed by atoms with Crippen molar-refractivity contribution in [1.82, 2.24) is 15.0 Å². The number of hydrogen-bond acceptors (Lipinski definition) is 8. The highest BCUT2D eigenvalue weighted by molar-refractivity contribution is 6.72. The second kappa shape index (κ2) is 11.8. The van der Waals surface area contributed by atoms with Crippen LogP contribution in [0, 0.1) is 5.92 Å². The third-order valence-electron chi connectivity index (χ3n) is 9.20. The molecule has 13 heteroatoms. The summed E-state index contributed by atoms with van der Waals surface area (Å²) in [5.74, 6) is -1.29. The van der Waals surface area contributed by atoms with Crippen LogP contribution in [0.15, 0.2) is 54.7 Å². The smallest absolute Gasteiger partial charge is 0.304 e. The van der Waals surface area contributed by atoms with E-state index < -0.39 is 43.8 Å². The van der Waals surface area contributed by atoms with Gasteiger partial charge in [0.25, 0.3) is 5.91 Å². The largest absolute Gasteiger partial charge is 0.441 e. The Labute approximate surface area is 262 Å². The van der Waals surface area contributed by atoms with E-state index in [1.807, 2.05) is 43.3 Å². The lowest BCUT2D eigenvalue weighted by Gasteiger charge is -2.39. The number of benzene rings is 2. The maximum absolute atomic E-state index is 16.1. The maximum atomic E-state index is 16.1. The topological polar surface area (TPSA) is 127 Å². The van der Waals surface area contributed by atoms with Gasteiger partial charge in [0.2, 0.25) is 14.3 Å². The van der Waals surface area contributed by atoms with Crippen molar-refractivity contribution in [2.75, 3.05) is 16.4 Å². The van der Waals surface area contributed by atoms with Crippen LogP contribution in [-0.2, 0) is 49.0 Å². The van der Waals surface area contributed by atoms with Crippen LogP contribution in [0.4, 0.5) is 15.5 Å². The Morgan fingerprint density at radius 2 is 1.98 bits per heavy atom. The highest BCUT2D eigenvalue weighted by Crippen LogP contribution is 2.60. The van der Waals surface area contributed by atoms with E-state index in [0.29, 0.717) is 36.5 Å². The molecule has 0 bridgehead atoms. The molecule has 2 aromatic carbocycles. The monoisotopic (exact) mass is 635 g/mol. The van der Waals surface area contributed by atoms with Gasteiger partial charge in [-0.25, -0.2) is 0 Å². The zero-order valence-electron chi connectivity index (χ0n) is 25.9. The van der Waals surface area contributed by atoms with Crippen molar-refractivity contribution in [3.05, 3.63) is 71.5 Å². The van der Waals surface area contributed by atoms with E-state index in [9.17, 15) is 19.5 Å². The van der Waals surface area contributed by atoms with Crippen LogP contribution < -0.4 is 9.80 Å². The van der Waals surface area contributed by atoms with Crippen LogP contribution in [0.3, 0.4) is 0 Å². The average Bonchev–Trinajstić information content (AvgIpc) is 3.62. The van der Waals surface area contributed by atoms with Gasteiger partial charge in [0, 0.05) is 55.4 Å². The molecule has 2 fully saturated rings. The molecule has 4 heterocycles. The second-order valence-corrected chi connectivity index (χ2v) is 16.4. The maximum Gasteiger partial charge on any atom is 0.304 e. The van der Waals surface area contributed by atoms with Gasteiger partial charge in [-0.05, 0) is 43.3 Å². The van der Waals surface area contributed by atoms with Crippen LogP contribution in [0.2, 0.25) is 18.6 Å². The fraction of sp³-hybridized carbons (Fsp3) is 0.469. The number of rotatable bonds is 10. The van der Waals surface area contributed by atoms with Gasteiger partial charge in [-0.2, -0.15) is 0 Å². The third kappa shape index (κ3) is 5.46. The number of aliphatic hydroxyl groups excluding tert-OH is 1. The minimum atomic E-state index is -3.33. The van der Waals surface area contributed by atoms with E-state index in [0.717, 1.165) is 11.1 Å². The number of β-lactam (4-membered cyclic amide) rings is 1. The fourth-order valence-electron chi connectivity index (χ4n) is 7.34. The van der Waals surface area contributed by atoms with E-state index in [-0.39, 0.29) is 31.4 Å². The first kappa shape index (κ1) is 31.1. The molecule has 0 aliphatic carbocycles. The number of hydrogen-bond donors (Lipinski definition) is 1. The Balaban J connectivity index is 1.29. The van der Waals surface area contributed by atoms with Crippen molar-refractivity contribution < 1.29 is 33.1 Å².